The van der Waals surface area contributed by atoms with Gasteiger partial charge in [0.1, 0.15) is 6.04 Å². The van der Waals surface area contributed by atoms with Crippen LogP contribution < -0.4 is 0 Å². The zero-order valence-corrected chi connectivity index (χ0v) is 11.1. The van der Waals surface area contributed by atoms with Gasteiger partial charge in [0.15, 0.2) is 0 Å². The highest BCUT2D eigenvalue weighted by atomic mass is 16.4. The Kier molecular flexibility index (Phi) is 4.02. The van der Waals surface area contributed by atoms with Crippen molar-refractivity contribution in [3.8, 4) is 0 Å². The second kappa shape index (κ2) is 5.53. The fourth-order valence-corrected chi connectivity index (χ4v) is 2.64. The van der Waals surface area contributed by atoms with Gasteiger partial charge in [-0.3, -0.25) is 9.69 Å². The largest absolute Gasteiger partial charge is 0.480 e. The van der Waals surface area contributed by atoms with Crippen LogP contribution in [0.15, 0.2) is 24.3 Å². The van der Waals surface area contributed by atoms with E-state index in [2.05, 4.69) is 11.8 Å². The standard InChI is InChI=1S/C15H21NO2/c1-11-6-8-16(9-7-11)14(15(17)18)13-5-3-4-12(2)10-13/h3-5,10-11,14H,6-9H2,1-2H3,(H,17,18). The fraction of sp³-hybridized carbons (Fsp3) is 0.533. The van der Waals surface area contributed by atoms with Gasteiger partial charge in [0.25, 0.3) is 0 Å². The first-order valence-corrected chi connectivity index (χ1v) is 6.61. The average Bonchev–Trinajstić information content (AvgIpc) is 2.32. The molecule has 1 heterocycles. The number of rotatable bonds is 3. The molecule has 1 aliphatic heterocycles. The van der Waals surface area contributed by atoms with Crippen molar-refractivity contribution < 1.29 is 9.90 Å². The summed E-state index contributed by atoms with van der Waals surface area (Å²) in [5.74, 6) is -0.0247. The lowest BCUT2D eigenvalue weighted by Crippen LogP contribution is -2.39. The SMILES string of the molecule is Cc1cccc(C(C(=O)O)N2CCC(C)CC2)c1. The molecule has 2 rings (SSSR count). The lowest BCUT2D eigenvalue weighted by atomic mass is 9.95. The predicted molar refractivity (Wildman–Crippen MR) is 71.5 cm³/mol. The molecule has 98 valence electrons. The van der Waals surface area contributed by atoms with Crippen LogP contribution in [0.25, 0.3) is 0 Å². The minimum Gasteiger partial charge on any atom is -0.480 e. The third-order valence-corrected chi connectivity index (χ3v) is 3.78. The van der Waals surface area contributed by atoms with E-state index in [0.717, 1.165) is 37.1 Å². The van der Waals surface area contributed by atoms with E-state index in [-0.39, 0.29) is 0 Å². The number of piperidine rings is 1. The van der Waals surface area contributed by atoms with E-state index in [9.17, 15) is 9.90 Å². The monoisotopic (exact) mass is 247 g/mol. The highest BCUT2D eigenvalue weighted by molar-refractivity contribution is 5.75. The summed E-state index contributed by atoms with van der Waals surface area (Å²) in [6.45, 7) is 6.00. The zero-order valence-electron chi connectivity index (χ0n) is 11.1. The Bertz CT molecular complexity index is 422. The maximum absolute atomic E-state index is 11.6. The maximum Gasteiger partial charge on any atom is 0.325 e. The molecule has 1 aromatic carbocycles. The van der Waals surface area contributed by atoms with Crippen LogP contribution in [-0.2, 0) is 4.79 Å². The van der Waals surface area contributed by atoms with E-state index in [0.29, 0.717) is 5.92 Å². The minimum atomic E-state index is -0.741. The maximum atomic E-state index is 11.6. The Morgan fingerprint density at radius 1 is 1.39 bits per heavy atom. The molecule has 1 fully saturated rings. The van der Waals surface area contributed by atoms with Crippen LogP contribution in [0.4, 0.5) is 0 Å². The number of aliphatic carboxylic acids is 1. The van der Waals surface area contributed by atoms with Crippen molar-refractivity contribution in [3.05, 3.63) is 35.4 Å². The molecule has 1 aromatic rings. The normalized spacial score (nSPS) is 19.7. The molecule has 0 amide bonds. The van der Waals surface area contributed by atoms with Crippen molar-refractivity contribution in [2.45, 2.75) is 32.7 Å². The second-order valence-corrected chi connectivity index (χ2v) is 5.37. The molecule has 0 aliphatic carbocycles. The Hall–Kier alpha value is -1.35. The van der Waals surface area contributed by atoms with Crippen molar-refractivity contribution in [1.29, 1.82) is 0 Å². The molecular formula is C15H21NO2. The van der Waals surface area contributed by atoms with Gasteiger partial charge in [-0.05, 0) is 44.3 Å². The average molecular weight is 247 g/mol. The summed E-state index contributed by atoms with van der Waals surface area (Å²) in [5.41, 5.74) is 2.01. The first kappa shape index (κ1) is 13.1. The van der Waals surface area contributed by atoms with Crippen molar-refractivity contribution in [3.63, 3.8) is 0 Å². The molecule has 1 aliphatic rings. The fourth-order valence-electron chi connectivity index (χ4n) is 2.64. The Morgan fingerprint density at radius 3 is 2.61 bits per heavy atom. The number of carbonyl (C=O) groups is 1. The van der Waals surface area contributed by atoms with Crippen LogP contribution in [0.5, 0.6) is 0 Å². The van der Waals surface area contributed by atoms with E-state index in [1.165, 1.54) is 0 Å². The zero-order chi connectivity index (χ0) is 13.1. The summed E-state index contributed by atoms with van der Waals surface area (Å²) < 4.78 is 0. The predicted octanol–water partition coefficient (Wildman–Crippen LogP) is 2.85. The van der Waals surface area contributed by atoms with Gasteiger partial charge >= 0.3 is 5.97 Å². The first-order chi connectivity index (χ1) is 8.58. The van der Waals surface area contributed by atoms with Gasteiger partial charge in [-0.1, -0.05) is 36.8 Å². The molecule has 0 spiro atoms. The highest BCUT2D eigenvalue weighted by Gasteiger charge is 2.29. The van der Waals surface area contributed by atoms with Gasteiger partial charge in [-0.15, -0.1) is 0 Å². The first-order valence-electron chi connectivity index (χ1n) is 6.61. The van der Waals surface area contributed by atoms with Crippen LogP contribution in [0.3, 0.4) is 0 Å². The summed E-state index contributed by atoms with van der Waals surface area (Å²) >= 11 is 0. The minimum absolute atomic E-state index is 0.489. The molecule has 1 N–H and O–H groups in total. The number of carboxylic acids is 1. The van der Waals surface area contributed by atoms with Crippen LogP contribution in [-0.4, -0.2) is 29.1 Å². The number of hydrogen-bond donors (Lipinski definition) is 1. The second-order valence-electron chi connectivity index (χ2n) is 5.37. The molecule has 1 atom stereocenters. The topological polar surface area (TPSA) is 40.5 Å². The molecule has 0 radical (unpaired) electrons. The Morgan fingerprint density at radius 2 is 2.06 bits per heavy atom. The van der Waals surface area contributed by atoms with Gasteiger partial charge in [0.05, 0.1) is 0 Å². The van der Waals surface area contributed by atoms with E-state index in [1.54, 1.807) is 0 Å². The number of benzene rings is 1. The van der Waals surface area contributed by atoms with Gasteiger partial charge in [0.2, 0.25) is 0 Å². The lowest BCUT2D eigenvalue weighted by Gasteiger charge is -2.34. The van der Waals surface area contributed by atoms with Crippen molar-refractivity contribution in [2.75, 3.05) is 13.1 Å². The highest BCUT2D eigenvalue weighted by Crippen LogP contribution is 2.27. The van der Waals surface area contributed by atoms with Crippen LogP contribution >= 0.6 is 0 Å². The summed E-state index contributed by atoms with van der Waals surface area (Å²) in [7, 11) is 0. The van der Waals surface area contributed by atoms with E-state index >= 15 is 0 Å². The molecule has 3 nitrogen and oxygen atoms in total. The summed E-state index contributed by atoms with van der Waals surface area (Å²) in [6, 6.07) is 7.35. The van der Waals surface area contributed by atoms with Crippen molar-refractivity contribution >= 4 is 5.97 Å². The number of aryl methyl sites for hydroxylation is 1. The van der Waals surface area contributed by atoms with Gasteiger partial charge < -0.3 is 5.11 Å². The van der Waals surface area contributed by atoms with Gasteiger partial charge in [-0.2, -0.15) is 0 Å². The van der Waals surface area contributed by atoms with Crippen LogP contribution in [0.2, 0.25) is 0 Å². The van der Waals surface area contributed by atoms with Crippen LogP contribution in [0.1, 0.15) is 36.9 Å². The van der Waals surface area contributed by atoms with Crippen molar-refractivity contribution in [1.82, 2.24) is 4.90 Å². The molecule has 0 saturated carbocycles. The third-order valence-electron chi connectivity index (χ3n) is 3.78. The number of carboxylic acid groups (broad SMARTS) is 1. The summed E-state index contributed by atoms with van der Waals surface area (Å²) in [6.07, 6.45) is 2.19. The quantitative estimate of drug-likeness (QED) is 0.893. The molecular weight excluding hydrogens is 226 g/mol. The van der Waals surface area contributed by atoms with E-state index in [4.69, 9.17) is 0 Å². The Balaban J connectivity index is 2.21. The molecule has 1 saturated heterocycles. The molecule has 0 aromatic heterocycles. The smallest absolute Gasteiger partial charge is 0.325 e. The molecule has 1 unspecified atom stereocenters. The summed E-state index contributed by atoms with van der Waals surface area (Å²) in [4.78, 5) is 13.6. The molecule has 0 bridgehead atoms. The number of hydrogen-bond acceptors (Lipinski definition) is 2. The van der Waals surface area contributed by atoms with Gasteiger partial charge in [0, 0.05) is 0 Å². The van der Waals surface area contributed by atoms with Crippen molar-refractivity contribution in [2.24, 2.45) is 5.92 Å². The number of nitrogens with zero attached hydrogens (tertiary/aromatic N) is 1. The van der Waals surface area contributed by atoms with Crippen LogP contribution in [0, 0.1) is 12.8 Å². The molecule has 18 heavy (non-hydrogen) atoms. The van der Waals surface area contributed by atoms with E-state index in [1.807, 2.05) is 31.2 Å². The Labute approximate surface area is 108 Å². The lowest BCUT2D eigenvalue weighted by molar-refractivity contribution is -0.144. The summed E-state index contributed by atoms with van der Waals surface area (Å²) in [5, 5.41) is 9.49. The van der Waals surface area contributed by atoms with E-state index < -0.39 is 12.0 Å². The third kappa shape index (κ3) is 2.91. The number of likely N-dealkylation sites (tertiary alicyclic amines) is 1. The van der Waals surface area contributed by atoms with Gasteiger partial charge in [-0.25, -0.2) is 0 Å². The molecule has 3 heteroatoms.